The van der Waals surface area contributed by atoms with Gasteiger partial charge >= 0.3 is 0 Å². The second-order valence-electron chi connectivity index (χ2n) is 6.13. The molecule has 1 aromatic carbocycles. The maximum absolute atomic E-state index is 13.1. The van der Waals surface area contributed by atoms with Crippen molar-refractivity contribution in [3.8, 4) is 0 Å². The van der Waals surface area contributed by atoms with E-state index in [4.69, 9.17) is 0 Å². The summed E-state index contributed by atoms with van der Waals surface area (Å²) in [6.45, 7) is 0. The van der Waals surface area contributed by atoms with E-state index in [1.807, 2.05) is 0 Å². The first kappa shape index (κ1) is 15.5. The fraction of sp³-hybridized carbons (Fsp3) is 0.562. The molecule has 0 aromatic heterocycles. The Hall–Kier alpha value is -1.40. The number of hydrogen-bond acceptors (Lipinski definition) is 3. The Morgan fingerprint density at radius 3 is 2.55 bits per heavy atom. The molecule has 2 fully saturated rings. The lowest BCUT2D eigenvalue weighted by atomic mass is 9.85. The van der Waals surface area contributed by atoms with Crippen LogP contribution in [0.15, 0.2) is 35.2 Å². The number of nitrogens with zero attached hydrogens (tertiary/aromatic N) is 1. The van der Waals surface area contributed by atoms with Gasteiger partial charge in [0.2, 0.25) is 15.9 Å². The molecule has 1 heterocycles. The molecule has 1 saturated carbocycles. The van der Waals surface area contributed by atoms with E-state index in [9.17, 15) is 13.2 Å². The molecule has 1 aliphatic carbocycles. The molecular weight excluding hydrogens is 300 g/mol. The Labute approximate surface area is 131 Å². The molecule has 0 spiro atoms. The van der Waals surface area contributed by atoms with Crippen LogP contribution in [0.4, 0.5) is 0 Å². The van der Waals surface area contributed by atoms with Gasteiger partial charge in [-0.05, 0) is 37.3 Å². The van der Waals surface area contributed by atoms with Gasteiger partial charge in [0.05, 0.1) is 4.90 Å². The van der Waals surface area contributed by atoms with Crippen LogP contribution in [0.1, 0.15) is 32.1 Å². The first-order valence-electron chi connectivity index (χ1n) is 7.86. The average molecular weight is 322 g/mol. The van der Waals surface area contributed by atoms with E-state index in [-0.39, 0.29) is 16.8 Å². The second-order valence-corrected chi connectivity index (χ2v) is 7.97. The normalized spacial score (nSPS) is 29.0. The van der Waals surface area contributed by atoms with Crippen molar-refractivity contribution < 1.29 is 13.2 Å². The number of carbonyl (C=O) groups excluding carboxylic acids is 1. The number of benzene rings is 1. The van der Waals surface area contributed by atoms with Crippen LogP contribution < -0.4 is 5.32 Å². The molecule has 120 valence electrons. The smallest absolute Gasteiger partial charge is 0.244 e. The van der Waals surface area contributed by atoms with E-state index in [0.29, 0.717) is 12.3 Å². The third-order valence-electron chi connectivity index (χ3n) is 4.90. The highest BCUT2D eigenvalue weighted by Gasteiger charge is 2.50. The van der Waals surface area contributed by atoms with Crippen LogP contribution in [0.25, 0.3) is 0 Å². The molecule has 1 aromatic rings. The first-order chi connectivity index (χ1) is 10.6. The summed E-state index contributed by atoms with van der Waals surface area (Å²) < 4.78 is 27.6. The Bertz CT molecular complexity index is 645. The van der Waals surface area contributed by atoms with Gasteiger partial charge in [-0.3, -0.25) is 4.79 Å². The lowest BCUT2D eigenvalue weighted by molar-refractivity contribution is -0.123. The summed E-state index contributed by atoms with van der Waals surface area (Å²) in [6.07, 6.45) is 4.66. The number of rotatable bonds is 3. The predicted molar refractivity (Wildman–Crippen MR) is 83.7 cm³/mol. The highest BCUT2D eigenvalue weighted by atomic mass is 32.2. The van der Waals surface area contributed by atoms with Crippen molar-refractivity contribution in [2.75, 3.05) is 7.05 Å². The van der Waals surface area contributed by atoms with Crippen LogP contribution in [-0.4, -0.2) is 37.8 Å². The number of likely N-dealkylation sites (N-methyl/N-ethyl adjacent to an activating group) is 1. The number of hydrogen-bond donors (Lipinski definition) is 1. The van der Waals surface area contributed by atoms with Gasteiger partial charge in [-0.25, -0.2) is 8.42 Å². The van der Waals surface area contributed by atoms with Crippen LogP contribution >= 0.6 is 0 Å². The highest BCUT2D eigenvalue weighted by molar-refractivity contribution is 7.89. The van der Waals surface area contributed by atoms with Crippen LogP contribution in [0, 0.1) is 5.92 Å². The fourth-order valence-electron chi connectivity index (χ4n) is 3.87. The molecule has 1 aliphatic heterocycles. The van der Waals surface area contributed by atoms with Crippen molar-refractivity contribution in [2.45, 2.75) is 49.1 Å². The Balaban J connectivity index is 2.02. The summed E-state index contributed by atoms with van der Waals surface area (Å²) >= 11 is 0. The van der Waals surface area contributed by atoms with E-state index in [1.54, 1.807) is 37.4 Å². The first-order valence-corrected chi connectivity index (χ1v) is 9.30. The Morgan fingerprint density at radius 2 is 1.86 bits per heavy atom. The zero-order valence-corrected chi connectivity index (χ0v) is 13.6. The van der Waals surface area contributed by atoms with Gasteiger partial charge in [0.25, 0.3) is 0 Å². The monoisotopic (exact) mass is 322 g/mol. The number of nitrogens with one attached hydrogen (secondary N) is 1. The van der Waals surface area contributed by atoms with Crippen molar-refractivity contribution in [1.29, 1.82) is 0 Å². The van der Waals surface area contributed by atoms with Crippen LogP contribution in [-0.2, 0) is 14.8 Å². The van der Waals surface area contributed by atoms with Gasteiger partial charge in [0.15, 0.2) is 0 Å². The lowest BCUT2D eigenvalue weighted by Gasteiger charge is -2.32. The average Bonchev–Trinajstić information content (AvgIpc) is 2.95. The molecule has 0 unspecified atom stereocenters. The highest BCUT2D eigenvalue weighted by Crippen LogP contribution is 2.42. The molecule has 1 saturated heterocycles. The molecule has 1 N–H and O–H groups in total. The molecule has 22 heavy (non-hydrogen) atoms. The zero-order chi connectivity index (χ0) is 15.7. The third kappa shape index (κ3) is 2.54. The maximum atomic E-state index is 13.1. The van der Waals surface area contributed by atoms with Gasteiger partial charge in [-0.2, -0.15) is 4.31 Å². The minimum atomic E-state index is -3.64. The summed E-state index contributed by atoms with van der Waals surface area (Å²) in [5.74, 6) is 0.100. The van der Waals surface area contributed by atoms with Crippen molar-refractivity contribution in [2.24, 2.45) is 5.92 Å². The summed E-state index contributed by atoms with van der Waals surface area (Å²) in [7, 11) is -2.07. The standard InChI is InChI=1S/C16H22N2O3S/c1-17-16(19)15-11-12-7-5-6-10-14(12)18(15)22(20,21)13-8-3-2-4-9-13/h2-4,8-9,12,14-15H,5-7,10-11H2,1H3,(H,17,19)/t12-,14-,15+/m1/s1. The summed E-state index contributed by atoms with van der Waals surface area (Å²) in [5, 5.41) is 2.63. The van der Waals surface area contributed by atoms with Crippen molar-refractivity contribution in [1.82, 2.24) is 9.62 Å². The zero-order valence-electron chi connectivity index (χ0n) is 12.7. The Morgan fingerprint density at radius 1 is 1.18 bits per heavy atom. The summed E-state index contributed by atoms with van der Waals surface area (Å²) in [6, 6.07) is 7.82. The van der Waals surface area contributed by atoms with Crippen LogP contribution in [0.3, 0.4) is 0 Å². The van der Waals surface area contributed by atoms with Crippen LogP contribution in [0.2, 0.25) is 0 Å². The SMILES string of the molecule is CNC(=O)[C@@H]1C[C@H]2CCCC[C@H]2N1S(=O)(=O)c1ccccc1. The van der Waals surface area contributed by atoms with E-state index in [0.717, 1.165) is 25.7 Å². The minimum absolute atomic E-state index is 0.0405. The number of carbonyl (C=O) groups is 1. The molecule has 2 aliphatic rings. The lowest BCUT2D eigenvalue weighted by Crippen LogP contribution is -2.48. The van der Waals surface area contributed by atoms with Gasteiger partial charge in [-0.1, -0.05) is 31.0 Å². The van der Waals surface area contributed by atoms with E-state index in [2.05, 4.69) is 5.32 Å². The quantitative estimate of drug-likeness (QED) is 0.922. The van der Waals surface area contributed by atoms with Crippen molar-refractivity contribution >= 4 is 15.9 Å². The van der Waals surface area contributed by atoms with E-state index < -0.39 is 16.1 Å². The fourth-order valence-corrected chi connectivity index (χ4v) is 5.76. The summed E-state index contributed by atoms with van der Waals surface area (Å²) in [5.41, 5.74) is 0. The molecule has 0 bridgehead atoms. The van der Waals surface area contributed by atoms with Gasteiger partial charge in [0.1, 0.15) is 6.04 Å². The Kier molecular flexibility index (Phi) is 4.23. The second kappa shape index (κ2) is 6.01. The predicted octanol–water partition coefficient (Wildman–Crippen LogP) is 1.75. The van der Waals surface area contributed by atoms with Gasteiger partial charge < -0.3 is 5.32 Å². The maximum Gasteiger partial charge on any atom is 0.244 e. The number of sulfonamides is 1. The molecule has 3 rings (SSSR count). The molecule has 1 amide bonds. The largest absolute Gasteiger partial charge is 0.358 e. The molecule has 0 radical (unpaired) electrons. The number of amides is 1. The van der Waals surface area contributed by atoms with Crippen LogP contribution in [0.5, 0.6) is 0 Å². The topological polar surface area (TPSA) is 66.5 Å². The minimum Gasteiger partial charge on any atom is -0.358 e. The third-order valence-corrected chi connectivity index (χ3v) is 6.84. The molecule has 3 atom stereocenters. The molecular formula is C16H22N2O3S. The van der Waals surface area contributed by atoms with E-state index >= 15 is 0 Å². The van der Waals surface area contributed by atoms with Crippen molar-refractivity contribution in [3.63, 3.8) is 0 Å². The molecule has 5 nitrogen and oxygen atoms in total. The van der Waals surface area contributed by atoms with Crippen molar-refractivity contribution in [3.05, 3.63) is 30.3 Å². The summed E-state index contributed by atoms with van der Waals surface area (Å²) in [4.78, 5) is 12.5. The molecule has 6 heteroatoms. The number of fused-ring (bicyclic) bond motifs is 1. The van der Waals surface area contributed by atoms with Gasteiger partial charge in [-0.15, -0.1) is 0 Å². The van der Waals surface area contributed by atoms with E-state index in [1.165, 1.54) is 4.31 Å². The van der Waals surface area contributed by atoms with Gasteiger partial charge in [0, 0.05) is 13.1 Å².